The number of anilines is 1. The Labute approximate surface area is 221 Å². The van der Waals surface area contributed by atoms with E-state index >= 15 is 0 Å². The molecule has 0 aliphatic rings. The van der Waals surface area contributed by atoms with Gasteiger partial charge in [0.15, 0.2) is 0 Å². The first-order valence-corrected chi connectivity index (χ1v) is 13.2. The van der Waals surface area contributed by atoms with Crippen molar-refractivity contribution in [3.05, 3.63) is 41.9 Å². The minimum atomic E-state index is -4.46. The van der Waals surface area contributed by atoms with Gasteiger partial charge in [0, 0.05) is 31.5 Å². The van der Waals surface area contributed by atoms with E-state index in [1.165, 1.54) is 12.4 Å². The van der Waals surface area contributed by atoms with Gasteiger partial charge in [-0.3, -0.25) is 9.36 Å². The Morgan fingerprint density at radius 3 is 2.61 bits per heavy atom. The molecule has 11 heteroatoms. The molecular weight excluding hydrogens is 497 g/mol. The van der Waals surface area contributed by atoms with Gasteiger partial charge in [-0.1, -0.05) is 27.2 Å². The van der Waals surface area contributed by atoms with Crippen molar-refractivity contribution in [2.75, 3.05) is 25.1 Å². The van der Waals surface area contributed by atoms with E-state index in [2.05, 4.69) is 32.5 Å². The van der Waals surface area contributed by atoms with E-state index < -0.39 is 17.8 Å². The molecule has 0 saturated heterocycles. The Bertz CT molecular complexity index is 1200. The molecule has 0 fully saturated rings. The zero-order chi connectivity index (χ0) is 27.7. The smallest absolute Gasteiger partial charge is 0.382 e. The zero-order valence-electron chi connectivity index (χ0n) is 22.4. The third-order valence-electron chi connectivity index (χ3n) is 5.96. The van der Waals surface area contributed by atoms with Crippen molar-refractivity contribution in [1.82, 2.24) is 24.8 Å². The highest BCUT2D eigenvalue weighted by Crippen LogP contribution is 2.31. The van der Waals surface area contributed by atoms with Gasteiger partial charge in [-0.25, -0.2) is 9.97 Å². The molecule has 208 valence electrons. The molecule has 8 nitrogen and oxygen atoms in total. The number of amides is 1. The lowest BCUT2D eigenvalue weighted by Crippen LogP contribution is -2.41. The highest BCUT2D eigenvalue weighted by atomic mass is 19.4. The molecule has 2 N–H and O–H groups in total. The fraction of sp³-hybridized carbons (Fsp3) is 0.556. The SMILES string of the molecule is CCCCc1cc(N[C@@H](CC(C)C)C(=O)NCCCOCC)nc(-n2cnc3cc(C(F)(F)F)ccc32)n1. The first kappa shape index (κ1) is 29.3. The molecule has 2 aromatic heterocycles. The maximum Gasteiger partial charge on any atom is 0.416 e. The van der Waals surface area contributed by atoms with E-state index in [0.29, 0.717) is 43.9 Å². The number of unbranched alkanes of at least 4 members (excludes halogenated alkanes) is 1. The summed E-state index contributed by atoms with van der Waals surface area (Å²) in [5.41, 5.74) is 0.663. The molecule has 3 rings (SSSR count). The number of aromatic nitrogens is 4. The van der Waals surface area contributed by atoms with Gasteiger partial charge in [-0.05, 0) is 56.7 Å². The minimum absolute atomic E-state index is 0.127. The van der Waals surface area contributed by atoms with Crippen LogP contribution in [-0.2, 0) is 22.1 Å². The summed E-state index contributed by atoms with van der Waals surface area (Å²) in [7, 11) is 0. The molecule has 38 heavy (non-hydrogen) atoms. The van der Waals surface area contributed by atoms with Gasteiger partial charge in [-0.15, -0.1) is 0 Å². The molecule has 0 saturated carbocycles. The molecule has 1 amide bonds. The van der Waals surface area contributed by atoms with Crippen molar-refractivity contribution >= 4 is 22.8 Å². The molecule has 1 atom stereocenters. The molecule has 0 unspecified atom stereocenters. The second kappa shape index (κ2) is 13.5. The van der Waals surface area contributed by atoms with Gasteiger partial charge in [-0.2, -0.15) is 18.2 Å². The normalized spacial score (nSPS) is 12.7. The van der Waals surface area contributed by atoms with E-state index in [0.717, 1.165) is 37.1 Å². The number of rotatable bonds is 14. The van der Waals surface area contributed by atoms with Crippen molar-refractivity contribution in [2.24, 2.45) is 5.92 Å². The number of ether oxygens (including phenoxy) is 1. The Morgan fingerprint density at radius 1 is 1.13 bits per heavy atom. The fourth-order valence-electron chi connectivity index (χ4n) is 4.03. The highest BCUT2D eigenvalue weighted by molar-refractivity contribution is 5.84. The second-order valence-electron chi connectivity index (χ2n) is 9.63. The molecule has 0 bridgehead atoms. The average molecular weight is 535 g/mol. The fourth-order valence-corrected chi connectivity index (χ4v) is 4.03. The van der Waals surface area contributed by atoms with Crippen LogP contribution in [0.2, 0.25) is 0 Å². The van der Waals surface area contributed by atoms with Crippen LogP contribution in [0.3, 0.4) is 0 Å². The number of carbonyl (C=O) groups is 1. The standard InChI is InChI=1S/C27H37F3N6O2/c1-5-7-9-20-16-24(34-22(14-18(3)4)25(37)31-12-8-13-38-6-2)35-26(33-20)36-17-32-21-15-19(27(28,29)30)10-11-23(21)36/h10-11,15-18,22H,5-9,12-14H2,1-4H3,(H,31,37)(H,33,34,35)/t22-/m0/s1. The number of halogens is 3. The molecular formula is C27H37F3N6O2. The van der Waals surface area contributed by atoms with Gasteiger partial charge in [0.1, 0.15) is 18.2 Å². The van der Waals surface area contributed by atoms with Crippen LogP contribution in [0.4, 0.5) is 19.0 Å². The minimum Gasteiger partial charge on any atom is -0.382 e. The van der Waals surface area contributed by atoms with Crippen molar-refractivity contribution in [3.8, 4) is 5.95 Å². The maximum atomic E-state index is 13.2. The largest absolute Gasteiger partial charge is 0.416 e. The van der Waals surface area contributed by atoms with Crippen molar-refractivity contribution < 1.29 is 22.7 Å². The lowest BCUT2D eigenvalue weighted by molar-refractivity contribution is -0.137. The number of nitrogens with one attached hydrogen (secondary N) is 2. The Hall–Kier alpha value is -3.21. The quantitative estimate of drug-likeness (QED) is 0.264. The number of hydrogen-bond acceptors (Lipinski definition) is 6. The number of hydrogen-bond donors (Lipinski definition) is 2. The number of alkyl halides is 3. The summed E-state index contributed by atoms with van der Waals surface area (Å²) < 4.78 is 46.4. The van der Waals surface area contributed by atoms with Gasteiger partial charge in [0.25, 0.3) is 0 Å². The number of nitrogens with zero attached hydrogens (tertiary/aromatic N) is 4. The Kier molecular flexibility index (Phi) is 10.5. The van der Waals surface area contributed by atoms with Crippen molar-refractivity contribution in [2.45, 2.75) is 72.0 Å². The van der Waals surface area contributed by atoms with Crippen LogP contribution < -0.4 is 10.6 Å². The summed E-state index contributed by atoms with van der Waals surface area (Å²) in [5.74, 6) is 0.884. The lowest BCUT2D eigenvalue weighted by Gasteiger charge is -2.21. The third-order valence-corrected chi connectivity index (χ3v) is 5.96. The molecule has 3 aromatic rings. The molecule has 0 spiro atoms. The van der Waals surface area contributed by atoms with Gasteiger partial charge in [0.2, 0.25) is 11.9 Å². The van der Waals surface area contributed by atoms with E-state index in [1.807, 2.05) is 26.8 Å². The summed E-state index contributed by atoms with van der Waals surface area (Å²) in [6.07, 6.45) is 0.850. The number of fused-ring (bicyclic) bond motifs is 1. The third kappa shape index (κ3) is 8.14. The maximum absolute atomic E-state index is 13.2. The number of carbonyl (C=O) groups excluding carboxylic acids is 1. The first-order chi connectivity index (χ1) is 18.1. The predicted octanol–water partition coefficient (Wildman–Crippen LogP) is 5.55. The number of benzene rings is 1. The van der Waals surface area contributed by atoms with Crippen LogP contribution in [0, 0.1) is 5.92 Å². The van der Waals surface area contributed by atoms with Crippen LogP contribution in [0.5, 0.6) is 0 Å². The van der Waals surface area contributed by atoms with Gasteiger partial charge >= 0.3 is 6.18 Å². The van der Waals surface area contributed by atoms with Crippen LogP contribution in [0.1, 0.15) is 64.6 Å². The molecule has 1 aromatic carbocycles. The number of imidazole rings is 1. The van der Waals surface area contributed by atoms with Crippen LogP contribution in [-0.4, -0.2) is 51.2 Å². The molecule has 0 aliphatic carbocycles. The second-order valence-corrected chi connectivity index (χ2v) is 9.63. The van der Waals surface area contributed by atoms with Gasteiger partial charge < -0.3 is 15.4 Å². The monoisotopic (exact) mass is 534 g/mol. The summed E-state index contributed by atoms with van der Waals surface area (Å²) >= 11 is 0. The van der Waals surface area contributed by atoms with Crippen LogP contribution in [0.15, 0.2) is 30.6 Å². The lowest BCUT2D eigenvalue weighted by atomic mass is 10.0. The molecule has 2 heterocycles. The molecule has 0 aliphatic heterocycles. The van der Waals surface area contributed by atoms with Crippen LogP contribution in [0.25, 0.3) is 17.0 Å². The van der Waals surface area contributed by atoms with E-state index in [1.54, 1.807) is 4.57 Å². The predicted molar refractivity (Wildman–Crippen MR) is 141 cm³/mol. The van der Waals surface area contributed by atoms with E-state index in [4.69, 9.17) is 4.74 Å². The summed E-state index contributed by atoms with van der Waals surface area (Å²) in [6.45, 7) is 9.82. The first-order valence-electron chi connectivity index (χ1n) is 13.2. The average Bonchev–Trinajstić information content (AvgIpc) is 3.29. The van der Waals surface area contributed by atoms with Crippen molar-refractivity contribution in [3.63, 3.8) is 0 Å². The Morgan fingerprint density at radius 2 is 1.92 bits per heavy atom. The van der Waals surface area contributed by atoms with Crippen molar-refractivity contribution in [1.29, 1.82) is 0 Å². The summed E-state index contributed by atoms with van der Waals surface area (Å²) in [5, 5.41) is 6.25. The topological polar surface area (TPSA) is 94.0 Å². The molecule has 0 radical (unpaired) electrons. The highest BCUT2D eigenvalue weighted by Gasteiger charge is 2.31. The van der Waals surface area contributed by atoms with Crippen LogP contribution >= 0.6 is 0 Å². The zero-order valence-corrected chi connectivity index (χ0v) is 22.4. The van der Waals surface area contributed by atoms with E-state index in [-0.39, 0.29) is 23.3 Å². The summed E-state index contributed by atoms with van der Waals surface area (Å²) in [4.78, 5) is 26.5. The van der Waals surface area contributed by atoms with Gasteiger partial charge in [0.05, 0.1) is 16.6 Å². The number of aryl methyl sites for hydroxylation is 1. The summed E-state index contributed by atoms with van der Waals surface area (Å²) in [6, 6.07) is 4.72. The Balaban J connectivity index is 1.90. The van der Waals surface area contributed by atoms with E-state index in [9.17, 15) is 18.0 Å².